The second kappa shape index (κ2) is 6.79. The molecule has 0 fully saturated rings. The molecule has 0 aromatic carbocycles. The van der Waals surface area contributed by atoms with Gasteiger partial charge in [0, 0.05) is 41.8 Å². The third-order valence-electron chi connectivity index (χ3n) is 3.07. The number of aromatic nitrogens is 1. The molecule has 3 aromatic heterocycles. The Bertz CT molecular complexity index is 567. The first-order valence-corrected chi connectivity index (χ1v) is 8.32. The van der Waals surface area contributed by atoms with E-state index in [-0.39, 0.29) is 0 Å². The van der Waals surface area contributed by atoms with E-state index >= 15 is 0 Å². The maximum Gasteiger partial charge on any atom is 0.0335 e. The molecule has 0 N–H and O–H groups in total. The summed E-state index contributed by atoms with van der Waals surface area (Å²) in [5.41, 5.74) is 1.31. The Morgan fingerprint density at radius 3 is 1.90 bits per heavy atom. The molecule has 0 aliphatic rings. The van der Waals surface area contributed by atoms with Crippen molar-refractivity contribution in [2.24, 2.45) is 0 Å². The molecule has 3 heterocycles. The molecular weight excluding hydrogens is 284 g/mol. The van der Waals surface area contributed by atoms with Gasteiger partial charge in [-0.3, -0.25) is 9.88 Å². The molecule has 3 rings (SSSR count). The van der Waals surface area contributed by atoms with Gasteiger partial charge in [-0.15, -0.1) is 22.7 Å². The average Bonchev–Trinajstić information content (AvgIpc) is 3.13. The van der Waals surface area contributed by atoms with Crippen LogP contribution in [0.15, 0.2) is 59.6 Å². The minimum Gasteiger partial charge on any atom is -0.289 e. The summed E-state index contributed by atoms with van der Waals surface area (Å²) >= 11 is 3.65. The van der Waals surface area contributed by atoms with E-state index in [1.165, 1.54) is 15.3 Å². The molecule has 0 saturated heterocycles. The Hall–Kier alpha value is -1.49. The Kier molecular flexibility index (Phi) is 4.58. The average molecular weight is 300 g/mol. The van der Waals surface area contributed by atoms with Crippen molar-refractivity contribution >= 4 is 22.7 Å². The molecule has 2 nitrogen and oxygen atoms in total. The predicted octanol–water partition coefficient (Wildman–Crippen LogP) is 4.41. The standard InChI is InChI=1S/C16H16N2S2/c1-3-15(19-9-1)12-18(13-16-4-2-10-20-16)11-14-5-7-17-8-6-14/h1-10H,11-13H2. The van der Waals surface area contributed by atoms with Gasteiger partial charge in [0.05, 0.1) is 0 Å². The first kappa shape index (κ1) is 13.5. The lowest BCUT2D eigenvalue weighted by Gasteiger charge is -2.21. The van der Waals surface area contributed by atoms with E-state index in [4.69, 9.17) is 0 Å². The van der Waals surface area contributed by atoms with Crippen molar-refractivity contribution in [2.45, 2.75) is 19.6 Å². The van der Waals surface area contributed by atoms with Crippen LogP contribution in [0.1, 0.15) is 15.3 Å². The lowest BCUT2D eigenvalue weighted by molar-refractivity contribution is 0.252. The molecule has 20 heavy (non-hydrogen) atoms. The number of rotatable bonds is 6. The molecule has 0 saturated carbocycles. The summed E-state index contributed by atoms with van der Waals surface area (Å²) < 4.78 is 0. The Balaban J connectivity index is 1.72. The van der Waals surface area contributed by atoms with E-state index < -0.39 is 0 Å². The molecule has 3 aromatic rings. The van der Waals surface area contributed by atoms with E-state index in [0.717, 1.165) is 19.6 Å². The van der Waals surface area contributed by atoms with Crippen molar-refractivity contribution in [1.82, 2.24) is 9.88 Å². The highest BCUT2D eigenvalue weighted by atomic mass is 32.1. The van der Waals surface area contributed by atoms with Crippen molar-refractivity contribution in [3.05, 3.63) is 74.9 Å². The fourth-order valence-electron chi connectivity index (χ4n) is 2.16. The van der Waals surface area contributed by atoms with Crippen molar-refractivity contribution in [2.75, 3.05) is 0 Å². The van der Waals surface area contributed by atoms with Crippen LogP contribution < -0.4 is 0 Å². The highest BCUT2D eigenvalue weighted by Gasteiger charge is 2.09. The van der Waals surface area contributed by atoms with Crippen LogP contribution in [-0.4, -0.2) is 9.88 Å². The van der Waals surface area contributed by atoms with Gasteiger partial charge in [0.1, 0.15) is 0 Å². The van der Waals surface area contributed by atoms with Crippen molar-refractivity contribution in [1.29, 1.82) is 0 Å². The highest BCUT2D eigenvalue weighted by molar-refractivity contribution is 7.10. The van der Waals surface area contributed by atoms with Crippen molar-refractivity contribution in [3.63, 3.8) is 0 Å². The van der Waals surface area contributed by atoms with Gasteiger partial charge in [0.25, 0.3) is 0 Å². The van der Waals surface area contributed by atoms with Crippen LogP contribution in [0.4, 0.5) is 0 Å². The summed E-state index contributed by atoms with van der Waals surface area (Å²) in [6.45, 7) is 2.95. The van der Waals surface area contributed by atoms with Crippen LogP contribution in [0.25, 0.3) is 0 Å². The van der Waals surface area contributed by atoms with Crippen LogP contribution >= 0.6 is 22.7 Å². The molecule has 0 aliphatic carbocycles. The Morgan fingerprint density at radius 2 is 1.40 bits per heavy atom. The third-order valence-corrected chi connectivity index (χ3v) is 4.80. The van der Waals surface area contributed by atoms with Crippen LogP contribution in [-0.2, 0) is 19.6 Å². The lowest BCUT2D eigenvalue weighted by Crippen LogP contribution is -2.21. The van der Waals surface area contributed by atoms with Crippen LogP contribution in [0.3, 0.4) is 0 Å². The fourth-order valence-corrected chi connectivity index (χ4v) is 3.65. The largest absolute Gasteiger partial charge is 0.289 e. The van der Waals surface area contributed by atoms with Gasteiger partial charge in [-0.05, 0) is 40.6 Å². The second-order valence-electron chi connectivity index (χ2n) is 4.66. The number of nitrogens with zero attached hydrogens (tertiary/aromatic N) is 2. The van der Waals surface area contributed by atoms with Crippen LogP contribution in [0.5, 0.6) is 0 Å². The highest BCUT2D eigenvalue weighted by Crippen LogP contribution is 2.19. The molecule has 102 valence electrons. The molecule has 4 heteroatoms. The summed E-state index contributed by atoms with van der Waals surface area (Å²) in [6.07, 6.45) is 3.73. The first-order chi connectivity index (χ1) is 9.90. The van der Waals surface area contributed by atoms with Gasteiger partial charge in [0.2, 0.25) is 0 Å². The predicted molar refractivity (Wildman–Crippen MR) is 85.8 cm³/mol. The maximum absolute atomic E-state index is 4.09. The topological polar surface area (TPSA) is 16.1 Å². The Morgan fingerprint density at radius 1 is 0.800 bits per heavy atom. The first-order valence-electron chi connectivity index (χ1n) is 6.56. The van der Waals surface area contributed by atoms with Crippen LogP contribution in [0.2, 0.25) is 0 Å². The molecule has 0 radical (unpaired) electrons. The van der Waals surface area contributed by atoms with Crippen LogP contribution in [0, 0.1) is 0 Å². The van der Waals surface area contributed by atoms with E-state index in [9.17, 15) is 0 Å². The third kappa shape index (κ3) is 3.76. The van der Waals surface area contributed by atoms with Gasteiger partial charge in [-0.25, -0.2) is 0 Å². The van der Waals surface area contributed by atoms with Gasteiger partial charge in [-0.1, -0.05) is 12.1 Å². The minimum absolute atomic E-state index is 0.957. The minimum atomic E-state index is 0.957. The number of hydrogen-bond acceptors (Lipinski definition) is 4. The van der Waals surface area contributed by atoms with Gasteiger partial charge >= 0.3 is 0 Å². The second-order valence-corrected chi connectivity index (χ2v) is 6.72. The zero-order valence-electron chi connectivity index (χ0n) is 11.1. The quantitative estimate of drug-likeness (QED) is 0.670. The Labute approximate surface area is 127 Å². The summed E-state index contributed by atoms with van der Waals surface area (Å²) in [7, 11) is 0. The zero-order valence-corrected chi connectivity index (χ0v) is 12.7. The molecule has 0 bridgehead atoms. The van der Waals surface area contributed by atoms with Gasteiger partial charge in [-0.2, -0.15) is 0 Å². The summed E-state index contributed by atoms with van der Waals surface area (Å²) in [5, 5.41) is 4.29. The molecule has 0 spiro atoms. The number of thiophene rings is 2. The van der Waals surface area contributed by atoms with Gasteiger partial charge < -0.3 is 0 Å². The van der Waals surface area contributed by atoms with Gasteiger partial charge in [0.15, 0.2) is 0 Å². The number of pyridine rings is 1. The SMILES string of the molecule is c1csc(CN(Cc2ccncc2)Cc2cccs2)c1. The van der Waals surface area contributed by atoms with E-state index in [1.807, 2.05) is 35.1 Å². The van der Waals surface area contributed by atoms with E-state index in [0.29, 0.717) is 0 Å². The van der Waals surface area contributed by atoms with E-state index in [2.05, 4.69) is 57.0 Å². The zero-order chi connectivity index (χ0) is 13.6. The monoisotopic (exact) mass is 300 g/mol. The molecule has 0 atom stereocenters. The van der Waals surface area contributed by atoms with Crippen molar-refractivity contribution in [3.8, 4) is 0 Å². The van der Waals surface area contributed by atoms with Crippen molar-refractivity contribution < 1.29 is 0 Å². The smallest absolute Gasteiger partial charge is 0.0335 e. The maximum atomic E-state index is 4.09. The molecule has 0 amide bonds. The molecule has 0 aliphatic heterocycles. The normalized spacial score (nSPS) is 11.1. The summed E-state index contributed by atoms with van der Waals surface area (Å²) in [4.78, 5) is 9.39. The lowest BCUT2D eigenvalue weighted by atomic mass is 10.2. The summed E-state index contributed by atoms with van der Waals surface area (Å²) in [6, 6.07) is 12.8. The fraction of sp³-hybridized carbons (Fsp3) is 0.188. The van der Waals surface area contributed by atoms with E-state index in [1.54, 1.807) is 0 Å². The number of hydrogen-bond donors (Lipinski definition) is 0. The molecule has 0 unspecified atom stereocenters. The summed E-state index contributed by atoms with van der Waals surface area (Å²) in [5.74, 6) is 0. The molecular formula is C16H16N2S2.